The summed E-state index contributed by atoms with van der Waals surface area (Å²) in [6.07, 6.45) is 1.55. The van der Waals surface area contributed by atoms with Gasteiger partial charge in [0.05, 0.1) is 23.5 Å². The number of nitro groups is 2. The van der Waals surface area contributed by atoms with Gasteiger partial charge in [-0.2, -0.15) is 0 Å². The van der Waals surface area contributed by atoms with Crippen LogP contribution in [-0.4, -0.2) is 21.9 Å². The highest BCUT2D eigenvalue weighted by Gasteiger charge is 2.27. The number of hydrogen-bond donors (Lipinski definition) is 1. The Bertz CT molecular complexity index is 700. The van der Waals surface area contributed by atoms with Crippen molar-refractivity contribution in [1.82, 2.24) is 4.98 Å². The monoisotopic (exact) mass is 344 g/mol. The van der Waals surface area contributed by atoms with Crippen molar-refractivity contribution in [3.8, 4) is 5.75 Å². The Balaban J connectivity index is 2.35. The van der Waals surface area contributed by atoms with Crippen LogP contribution in [-0.2, 0) is 6.54 Å². The van der Waals surface area contributed by atoms with E-state index in [1.165, 1.54) is 23.5 Å². The zero-order valence-electron chi connectivity index (χ0n) is 11.1. The molecule has 0 aliphatic heterocycles. The molecule has 0 atom stereocenters. The second-order valence-corrected chi connectivity index (χ2v) is 5.69. The summed E-state index contributed by atoms with van der Waals surface area (Å²) in [4.78, 5) is 25.2. The summed E-state index contributed by atoms with van der Waals surface area (Å²) < 4.78 is 5.15. The normalized spacial score (nSPS) is 10.3. The number of nitrogens with zero attached hydrogens (tertiary/aromatic N) is 3. The number of aromatic nitrogens is 1. The smallest absolute Gasteiger partial charge is 0.320 e. The van der Waals surface area contributed by atoms with Gasteiger partial charge in [0.2, 0.25) is 0 Å². The second-order valence-electron chi connectivity index (χ2n) is 4.00. The number of ether oxygens (including phenoxy) is 1. The van der Waals surface area contributed by atoms with Crippen LogP contribution < -0.4 is 10.1 Å². The third-order valence-corrected chi connectivity index (χ3v) is 3.75. The highest BCUT2D eigenvalue weighted by Crippen LogP contribution is 2.39. The van der Waals surface area contributed by atoms with E-state index in [4.69, 9.17) is 16.3 Å². The van der Waals surface area contributed by atoms with Gasteiger partial charge in [-0.1, -0.05) is 11.6 Å². The number of nitro benzene ring substituents is 2. The van der Waals surface area contributed by atoms with Crippen molar-refractivity contribution in [2.75, 3.05) is 12.4 Å². The Kier molecular flexibility index (Phi) is 4.73. The quantitative estimate of drug-likeness (QED) is 0.630. The first kappa shape index (κ1) is 15.9. The van der Waals surface area contributed by atoms with Gasteiger partial charge in [0.25, 0.3) is 5.75 Å². The predicted octanol–water partition coefficient (Wildman–Crippen LogP) is 3.23. The summed E-state index contributed by atoms with van der Waals surface area (Å²) in [7, 11) is 1.14. The Morgan fingerprint density at radius 2 is 1.91 bits per heavy atom. The van der Waals surface area contributed by atoms with Gasteiger partial charge in [0.15, 0.2) is 4.47 Å². The zero-order valence-corrected chi connectivity index (χ0v) is 12.7. The summed E-state index contributed by atoms with van der Waals surface area (Å²) >= 11 is 6.93. The Hall–Kier alpha value is -2.46. The van der Waals surface area contributed by atoms with Crippen molar-refractivity contribution in [2.24, 2.45) is 0 Å². The van der Waals surface area contributed by atoms with Crippen molar-refractivity contribution in [2.45, 2.75) is 6.54 Å². The molecule has 22 heavy (non-hydrogen) atoms. The number of methoxy groups -OCH3 is 1. The average molecular weight is 345 g/mol. The lowest BCUT2D eigenvalue weighted by Crippen LogP contribution is -2.03. The van der Waals surface area contributed by atoms with Crippen LogP contribution >= 0.6 is 22.9 Å². The first-order chi connectivity index (χ1) is 10.4. The van der Waals surface area contributed by atoms with E-state index in [-0.39, 0.29) is 18.0 Å². The van der Waals surface area contributed by atoms with E-state index >= 15 is 0 Å². The van der Waals surface area contributed by atoms with Crippen LogP contribution in [0.3, 0.4) is 0 Å². The van der Waals surface area contributed by atoms with Gasteiger partial charge in [-0.15, -0.1) is 11.3 Å². The summed E-state index contributed by atoms with van der Waals surface area (Å²) in [6.45, 7) is 0.283. The third-order valence-electron chi connectivity index (χ3n) is 2.64. The molecular weight excluding hydrogens is 336 g/mol. The van der Waals surface area contributed by atoms with Gasteiger partial charge in [0, 0.05) is 28.9 Å². The van der Waals surface area contributed by atoms with Crippen molar-refractivity contribution in [1.29, 1.82) is 0 Å². The molecule has 1 N–H and O–H groups in total. The Morgan fingerprint density at radius 3 is 2.32 bits per heavy atom. The number of anilines is 1. The highest BCUT2D eigenvalue weighted by molar-refractivity contribution is 7.15. The molecule has 0 aliphatic rings. The van der Waals surface area contributed by atoms with Crippen LogP contribution in [0.15, 0.2) is 18.3 Å². The second kappa shape index (κ2) is 6.54. The van der Waals surface area contributed by atoms with E-state index in [1.54, 1.807) is 6.20 Å². The van der Waals surface area contributed by atoms with E-state index in [1.807, 2.05) is 0 Å². The van der Waals surface area contributed by atoms with E-state index in [0.717, 1.165) is 12.0 Å². The molecule has 2 rings (SSSR count). The van der Waals surface area contributed by atoms with Crippen molar-refractivity contribution >= 4 is 40.0 Å². The van der Waals surface area contributed by atoms with Crippen molar-refractivity contribution < 1.29 is 14.6 Å². The molecule has 0 unspecified atom stereocenters. The molecule has 0 radical (unpaired) electrons. The number of rotatable bonds is 6. The number of hydrogen-bond acceptors (Lipinski definition) is 8. The van der Waals surface area contributed by atoms with Crippen LogP contribution in [0.5, 0.6) is 5.75 Å². The van der Waals surface area contributed by atoms with Gasteiger partial charge >= 0.3 is 11.4 Å². The van der Waals surface area contributed by atoms with Crippen LogP contribution in [0.4, 0.5) is 17.1 Å². The molecule has 116 valence electrons. The SMILES string of the molecule is COc1c([N+](=O)[O-])cc(NCc2cnc(Cl)s2)cc1[N+](=O)[O-]. The molecule has 1 heterocycles. The maximum atomic E-state index is 11.0. The predicted molar refractivity (Wildman–Crippen MR) is 80.8 cm³/mol. The van der Waals surface area contributed by atoms with Gasteiger partial charge in [-0.05, 0) is 0 Å². The van der Waals surface area contributed by atoms with Gasteiger partial charge < -0.3 is 10.1 Å². The van der Waals surface area contributed by atoms with Gasteiger partial charge in [-0.25, -0.2) is 4.98 Å². The molecule has 0 aliphatic carbocycles. The Labute approximate surface area is 132 Å². The fraction of sp³-hybridized carbons (Fsp3) is 0.182. The molecule has 0 amide bonds. The van der Waals surface area contributed by atoms with Crippen LogP contribution in [0, 0.1) is 20.2 Å². The molecule has 0 fully saturated rings. The first-order valence-electron chi connectivity index (χ1n) is 5.77. The fourth-order valence-corrected chi connectivity index (χ4v) is 2.65. The topological polar surface area (TPSA) is 120 Å². The molecule has 0 saturated carbocycles. The molecule has 0 bridgehead atoms. The van der Waals surface area contributed by atoms with Crippen LogP contribution in [0.2, 0.25) is 4.47 Å². The van der Waals surface area contributed by atoms with E-state index < -0.39 is 21.2 Å². The van der Waals surface area contributed by atoms with Gasteiger partial charge in [-0.3, -0.25) is 20.2 Å². The standard InChI is InChI=1S/C11H9ClN4O5S/c1-21-10-8(15(17)18)2-6(3-9(10)16(19)20)13-4-7-5-14-11(12)22-7/h2-3,5,13H,4H2,1H3. The Morgan fingerprint density at radius 1 is 1.32 bits per heavy atom. The van der Waals surface area contributed by atoms with Gasteiger partial charge in [0.1, 0.15) is 0 Å². The minimum absolute atomic E-state index is 0.226. The first-order valence-corrected chi connectivity index (χ1v) is 6.96. The summed E-state index contributed by atoms with van der Waals surface area (Å²) in [5, 5.41) is 24.9. The molecule has 1 aromatic carbocycles. The lowest BCUT2D eigenvalue weighted by Gasteiger charge is -2.08. The molecule has 11 heteroatoms. The van der Waals surface area contributed by atoms with E-state index in [2.05, 4.69) is 10.3 Å². The maximum absolute atomic E-state index is 11.0. The fourth-order valence-electron chi connectivity index (χ4n) is 1.74. The highest BCUT2D eigenvalue weighted by atomic mass is 35.5. The minimum Gasteiger partial charge on any atom is -0.485 e. The van der Waals surface area contributed by atoms with E-state index in [0.29, 0.717) is 4.47 Å². The molecule has 9 nitrogen and oxygen atoms in total. The van der Waals surface area contributed by atoms with Crippen LogP contribution in [0.1, 0.15) is 4.88 Å². The molecule has 1 aromatic heterocycles. The summed E-state index contributed by atoms with van der Waals surface area (Å²) in [6, 6.07) is 2.35. The maximum Gasteiger partial charge on any atom is 0.320 e. The number of nitrogens with one attached hydrogen (secondary N) is 1. The number of benzene rings is 1. The third kappa shape index (κ3) is 3.40. The molecular formula is C11H9ClN4O5S. The van der Waals surface area contributed by atoms with Crippen LogP contribution in [0.25, 0.3) is 0 Å². The molecule has 0 spiro atoms. The summed E-state index contributed by atoms with van der Waals surface area (Å²) in [5.41, 5.74) is -0.744. The molecule has 2 aromatic rings. The van der Waals surface area contributed by atoms with Crippen molar-refractivity contribution in [3.05, 3.63) is 47.9 Å². The zero-order chi connectivity index (χ0) is 16.3. The van der Waals surface area contributed by atoms with E-state index in [9.17, 15) is 20.2 Å². The minimum atomic E-state index is -0.736. The average Bonchev–Trinajstić information content (AvgIpc) is 2.89. The number of thiazole rings is 1. The largest absolute Gasteiger partial charge is 0.485 e. The summed E-state index contributed by atoms with van der Waals surface area (Å²) in [5.74, 6) is -0.388. The molecule has 0 saturated heterocycles. The van der Waals surface area contributed by atoms with Crippen molar-refractivity contribution in [3.63, 3.8) is 0 Å². The lowest BCUT2D eigenvalue weighted by molar-refractivity contribution is -0.395. The lowest BCUT2D eigenvalue weighted by atomic mass is 10.2. The number of halogens is 1.